The van der Waals surface area contributed by atoms with Crippen LogP contribution in [0.25, 0.3) is 0 Å². The molecule has 5 saturated heterocycles. The zero-order valence-electron chi connectivity index (χ0n) is 14.0. The maximum Gasteiger partial charge on any atom is 0.0552 e. The largest absolute Gasteiger partial charge is 0.370 e. The van der Waals surface area contributed by atoms with Crippen LogP contribution >= 0.6 is 0 Å². The first kappa shape index (κ1) is 14.2. The van der Waals surface area contributed by atoms with Gasteiger partial charge in [0.05, 0.1) is 11.9 Å². The third-order valence-corrected chi connectivity index (χ3v) is 6.71. The Morgan fingerprint density at radius 3 is 2.35 bits per heavy atom. The normalized spacial score (nSPS) is 40.3. The average Bonchev–Trinajstić information content (AvgIpc) is 2.62. The van der Waals surface area contributed by atoms with Gasteiger partial charge in [-0.15, -0.1) is 0 Å². The van der Waals surface area contributed by atoms with Crippen LogP contribution in [0, 0.1) is 17.8 Å². The van der Waals surface area contributed by atoms with Gasteiger partial charge in [-0.1, -0.05) is 0 Å². The highest BCUT2D eigenvalue weighted by molar-refractivity contribution is 5.44. The molecule has 5 fully saturated rings. The fraction of sp³-hybridized carbons (Fsp3) is 0.737. The zero-order valence-corrected chi connectivity index (χ0v) is 14.0. The second kappa shape index (κ2) is 5.75. The minimum absolute atomic E-state index is 0.846. The quantitative estimate of drug-likeness (QED) is 0.832. The molecule has 0 spiro atoms. The molecule has 5 aliphatic rings. The summed E-state index contributed by atoms with van der Waals surface area (Å²) in [6, 6.07) is 5.14. The molecule has 4 nitrogen and oxygen atoms in total. The molecular weight excluding hydrogens is 284 g/mol. The Balaban J connectivity index is 1.28. The van der Waals surface area contributed by atoms with E-state index in [0.29, 0.717) is 0 Å². The maximum absolute atomic E-state index is 4.31. The molecule has 1 aromatic heterocycles. The van der Waals surface area contributed by atoms with Gasteiger partial charge in [0.1, 0.15) is 0 Å². The van der Waals surface area contributed by atoms with E-state index in [2.05, 4.69) is 31.8 Å². The molecule has 0 aromatic carbocycles. The van der Waals surface area contributed by atoms with Crippen molar-refractivity contribution in [2.75, 3.05) is 50.7 Å². The van der Waals surface area contributed by atoms with Crippen LogP contribution in [0.2, 0.25) is 0 Å². The van der Waals surface area contributed by atoms with Gasteiger partial charge in [0, 0.05) is 45.0 Å². The van der Waals surface area contributed by atoms with Crippen molar-refractivity contribution in [2.24, 2.45) is 17.8 Å². The highest BCUT2D eigenvalue weighted by Gasteiger charge is 2.42. The topological polar surface area (TPSA) is 22.6 Å². The molecule has 6 rings (SSSR count). The summed E-state index contributed by atoms with van der Waals surface area (Å²) in [7, 11) is 0. The van der Waals surface area contributed by atoms with Crippen molar-refractivity contribution in [3.63, 3.8) is 0 Å². The first-order valence-corrected chi connectivity index (χ1v) is 9.46. The van der Waals surface area contributed by atoms with Crippen LogP contribution in [0.3, 0.4) is 0 Å². The molecule has 6 heterocycles. The van der Waals surface area contributed by atoms with Crippen LogP contribution in [-0.4, -0.2) is 66.6 Å². The van der Waals surface area contributed by atoms with E-state index in [9.17, 15) is 0 Å². The first-order chi connectivity index (χ1) is 11.3. The van der Waals surface area contributed by atoms with E-state index in [0.717, 1.165) is 23.8 Å². The van der Waals surface area contributed by atoms with Gasteiger partial charge < -0.3 is 9.80 Å². The van der Waals surface area contributed by atoms with E-state index in [4.69, 9.17) is 0 Å². The molecule has 3 atom stereocenters. The lowest BCUT2D eigenvalue weighted by Gasteiger charge is -2.54. The summed E-state index contributed by atoms with van der Waals surface area (Å²) in [6.45, 7) is 9.15. The maximum atomic E-state index is 4.31. The van der Waals surface area contributed by atoms with Gasteiger partial charge in [-0.3, -0.25) is 9.88 Å². The molecule has 4 heteroatoms. The van der Waals surface area contributed by atoms with Crippen molar-refractivity contribution < 1.29 is 0 Å². The van der Waals surface area contributed by atoms with Gasteiger partial charge >= 0.3 is 0 Å². The Bertz CT molecular complexity index is 526. The fourth-order valence-electron chi connectivity index (χ4n) is 5.69. The van der Waals surface area contributed by atoms with Crippen LogP contribution in [0.1, 0.15) is 19.3 Å². The molecule has 4 bridgehead atoms. The molecule has 0 amide bonds. The van der Waals surface area contributed by atoms with Gasteiger partial charge in [-0.2, -0.15) is 0 Å². The second-order valence-electron chi connectivity index (χ2n) is 8.24. The Labute approximate surface area is 139 Å². The number of nitrogens with zero attached hydrogens (tertiary/aromatic N) is 4. The minimum Gasteiger partial charge on any atom is -0.370 e. The van der Waals surface area contributed by atoms with E-state index >= 15 is 0 Å². The number of hydrogen-bond acceptors (Lipinski definition) is 4. The number of fused-ring (bicyclic) bond motifs is 5. The number of aromatic nitrogens is 1. The molecule has 0 aliphatic carbocycles. The van der Waals surface area contributed by atoms with Crippen molar-refractivity contribution in [1.82, 2.24) is 14.8 Å². The van der Waals surface area contributed by atoms with Gasteiger partial charge in [-0.25, -0.2) is 0 Å². The monoisotopic (exact) mass is 312 g/mol. The Morgan fingerprint density at radius 2 is 1.74 bits per heavy atom. The van der Waals surface area contributed by atoms with Gasteiger partial charge in [0.15, 0.2) is 0 Å². The van der Waals surface area contributed by atoms with E-state index in [-0.39, 0.29) is 0 Å². The molecule has 1 aromatic rings. The standard InChI is InChI=1S/C19H28N4/c1-2-18(9-20-5-1)22-10-15-8-16(11-22)13-23(12-15)19-14-21-6-3-17(19)4-7-21/h1-2,5,9,15-17,19H,3-4,6-8,10-14H2. The predicted molar refractivity (Wildman–Crippen MR) is 92.6 cm³/mol. The molecule has 0 saturated carbocycles. The zero-order chi connectivity index (χ0) is 15.2. The van der Waals surface area contributed by atoms with Crippen LogP contribution in [-0.2, 0) is 0 Å². The summed E-state index contributed by atoms with van der Waals surface area (Å²) in [5.41, 5.74) is 1.32. The minimum atomic E-state index is 0.846. The first-order valence-electron chi connectivity index (χ1n) is 9.46. The fourth-order valence-corrected chi connectivity index (χ4v) is 5.69. The molecular formula is C19H28N4. The third-order valence-electron chi connectivity index (χ3n) is 6.71. The second-order valence-corrected chi connectivity index (χ2v) is 8.24. The average molecular weight is 312 g/mol. The SMILES string of the molecule is c1cncc(N2CC3CC(C2)CN(C2CN4CCC2CC4)C3)c1. The summed E-state index contributed by atoms with van der Waals surface area (Å²) in [4.78, 5) is 12.5. The van der Waals surface area contributed by atoms with E-state index in [1.54, 1.807) is 0 Å². The van der Waals surface area contributed by atoms with Crippen molar-refractivity contribution >= 4 is 5.69 Å². The van der Waals surface area contributed by atoms with Crippen molar-refractivity contribution in [2.45, 2.75) is 25.3 Å². The summed E-state index contributed by atoms with van der Waals surface area (Å²) in [5.74, 6) is 2.67. The molecule has 0 N–H and O–H groups in total. The van der Waals surface area contributed by atoms with Gasteiger partial charge in [0.25, 0.3) is 0 Å². The molecule has 124 valence electrons. The summed E-state index contributed by atoms with van der Waals surface area (Å²) >= 11 is 0. The lowest BCUT2D eigenvalue weighted by atomic mass is 9.79. The summed E-state index contributed by atoms with van der Waals surface area (Å²) < 4.78 is 0. The van der Waals surface area contributed by atoms with Crippen LogP contribution in [0.5, 0.6) is 0 Å². The third kappa shape index (κ3) is 2.66. The Kier molecular flexibility index (Phi) is 3.56. The van der Waals surface area contributed by atoms with Gasteiger partial charge in [0.2, 0.25) is 0 Å². The van der Waals surface area contributed by atoms with E-state index in [1.807, 2.05) is 12.4 Å². The number of anilines is 1. The summed E-state index contributed by atoms with van der Waals surface area (Å²) in [5, 5.41) is 0. The van der Waals surface area contributed by atoms with Crippen molar-refractivity contribution in [3.05, 3.63) is 24.5 Å². The molecule has 3 unspecified atom stereocenters. The number of rotatable bonds is 2. The number of pyridine rings is 1. The molecule has 23 heavy (non-hydrogen) atoms. The van der Waals surface area contributed by atoms with E-state index in [1.165, 1.54) is 70.8 Å². The smallest absolute Gasteiger partial charge is 0.0552 e. The van der Waals surface area contributed by atoms with Gasteiger partial charge in [-0.05, 0) is 62.2 Å². The molecule has 5 aliphatic heterocycles. The van der Waals surface area contributed by atoms with Crippen LogP contribution in [0.15, 0.2) is 24.5 Å². The lowest BCUT2D eigenvalue weighted by molar-refractivity contribution is -0.0276. The number of hydrogen-bond donors (Lipinski definition) is 0. The van der Waals surface area contributed by atoms with Crippen LogP contribution in [0.4, 0.5) is 5.69 Å². The number of piperidine rings is 5. The molecule has 0 radical (unpaired) electrons. The number of likely N-dealkylation sites (tertiary alicyclic amines) is 1. The predicted octanol–water partition coefficient (Wildman–Crippen LogP) is 1.93. The van der Waals surface area contributed by atoms with Crippen molar-refractivity contribution in [1.29, 1.82) is 0 Å². The Hall–Kier alpha value is -1.13. The lowest BCUT2D eigenvalue weighted by Crippen LogP contribution is -2.62. The highest BCUT2D eigenvalue weighted by Crippen LogP contribution is 2.37. The summed E-state index contributed by atoms with van der Waals surface area (Å²) in [6.07, 6.45) is 8.24. The van der Waals surface area contributed by atoms with Crippen molar-refractivity contribution in [3.8, 4) is 0 Å². The Morgan fingerprint density at radius 1 is 0.957 bits per heavy atom. The highest BCUT2D eigenvalue weighted by atomic mass is 15.3. The van der Waals surface area contributed by atoms with Crippen LogP contribution < -0.4 is 4.90 Å². The van der Waals surface area contributed by atoms with E-state index < -0.39 is 0 Å².